The number of hydrogen-bond acceptors (Lipinski definition) is 7. The number of fused-ring (bicyclic) bond motifs is 2. The van der Waals surface area contributed by atoms with Crippen LogP contribution < -0.4 is 15.0 Å². The molecule has 3 N–H and O–H groups in total. The Morgan fingerprint density at radius 1 is 0.932 bits per heavy atom. The number of imidazole rings is 2. The van der Waals surface area contributed by atoms with Gasteiger partial charge in [0.15, 0.2) is 0 Å². The van der Waals surface area contributed by atoms with E-state index in [0.29, 0.717) is 39.0 Å². The van der Waals surface area contributed by atoms with Crippen LogP contribution in [0.2, 0.25) is 0 Å². The van der Waals surface area contributed by atoms with Crippen LogP contribution in [0.25, 0.3) is 55.3 Å². The minimum absolute atomic E-state index is 0.0337. The molecule has 5 aromatic rings. The number of likely N-dealkylation sites (N-methyl/N-ethyl adjacent to an activating group) is 1. The lowest BCUT2D eigenvalue weighted by Gasteiger charge is -2.34. The summed E-state index contributed by atoms with van der Waals surface area (Å²) in [6.07, 6.45) is 1.62. The van der Waals surface area contributed by atoms with Gasteiger partial charge in [0, 0.05) is 67.4 Å². The summed E-state index contributed by atoms with van der Waals surface area (Å²) in [6.45, 7) is 5.53. The lowest BCUT2D eigenvalue weighted by atomic mass is 10.2. The number of azide groups is 1. The third-order valence-corrected chi connectivity index (χ3v) is 7.85. The van der Waals surface area contributed by atoms with Gasteiger partial charge in [-0.05, 0) is 86.1 Å². The number of hydrogen-bond donors (Lipinski definition) is 3. The number of piperazine rings is 1. The highest BCUT2D eigenvalue weighted by Gasteiger charge is 2.16. The predicted octanol–water partition coefficient (Wildman–Crippen LogP) is 5.50. The van der Waals surface area contributed by atoms with Gasteiger partial charge < -0.3 is 29.8 Å². The molecule has 1 fully saturated rings. The summed E-state index contributed by atoms with van der Waals surface area (Å²) in [5.74, 6) is 2.32. The van der Waals surface area contributed by atoms with Crippen molar-refractivity contribution in [3.8, 4) is 28.5 Å². The molecule has 0 radical (unpaired) electrons. The molecule has 0 unspecified atom stereocenters. The molecule has 0 atom stereocenters. The van der Waals surface area contributed by atoms with Crippen LogP contribution in [0, 0.1) is 0 Å². The summed E-state index contributed by atoms with van der Waals surface area (Å²) in [7, 11) is 2.17. The van der Waals surface area contributed by atoms with Gasteiger partial charge in [0.1, 0.15) is 17.4 Å². The van der Waals surface area contributed by atoms with Crippen LogP contribution in [0.4, 0.5) is 5.69 Å². The molecule has 0 bridgehead atoms. The summed E-state index contributed by atoms with van der Waals surface area (Å²) in [6, 6.07) is 20.4. The number of nitrogens with one attached hydrogen (secondary N) is 3. The highest BCUT2D eigenvalue weighted by Crippen LogP contribution is 2.29. The SMILES string of the molecule is CN1CCN(c2ccc3nc(-c4ccc5nc(-c6ccc(OCCCC(=O)NCCCN=[N+]=[N-])cc6)[nH]c5c4)[nH]c3c2)CC1. The molecule has 1 saturated heterocycles. The molecule has 0 spiro atoms. The number of aromatic amines is 2. The van der Waals surface area contributed by atoms with Crippen molar-refractivity contribution in [1.29, 1.82) is 0 Å². The first-order valence-corrected chi connectivity index (χ1v) is 15.0. The van der Waals surface area contributed by atoms with E-state index >= 15 is 0 Å². The Kier molecular flexibility index (Phi) is 8.90. The lowest BCUT2D eigenvalue weighted by Crippen LogP contribution is -2.44. The van der Waals surface area contributed by atoms with E-state index in [1.165, 1.54) is 5.69 Å². The van der Waals surface area contributed by atoms with E-state index in [1.54, 1.807) is 0 Å². The molecule has 1 amide bonds. The molecule has 12 nitrogen and oxygen atoms in total. The minimum Gasteiger partial charge on any atom is -0.494 e. The van der Waals surface area contributed by atoms with Crippen molar-refractivity contribution < 1.29 is 9.53 Å². The van der Waals surface area contributed by atoms with Crippen molar-refractivity contribution >= 4 is 33.7 Å². The Bertz CT molecular complexity index is 1780. The number of aromatic nitrogens is 4. The Morgan fingerprint density at radius 3 is 2.36 bits per heavy atom. The maximum Gasteiger partial charge on any atom is 0.220 e. The second kappa shape index (κ2) is 13.5. The van der Waals surface area contributed by atoms with Gasteiger partial charge in [-0.2, -0.15) is 0 Å². The molecule has 3 heterocycles. The highest BCUT2D eigenvalue weighted by molar-refractivity contribution is 5.87. The standard InChI is InChI=1S/C32H36N10O2/c1-41-15-17-42(18-16-41)24-8-12-27-29(21-24)39-32(37-27)23-7-11-26-28(20-23)38-31(36-26)22-5-9-25(10-6-22)44-19-2-4-30(43)34-13-3-14-35-40-33/h5-12,20-21H,2-4,13-19H2,1H3,(H,34,43)(H,36,38)(H,37,39). The zero-order chi connectivity index (χ0) is 30.3. The smallest absolute Gasteiger partial charge is 0.220 e. The van der Waals surface area contributed by atoms with Crippen molar-refractivity contribution in [3.05, 3.63) is 71.1 Å². The van der Waals surface area contributed by atoms with Crippen molar-refractivity contribution in [2.75, 3.05) is 57.8 Å². The number of rotatable bonds is 12. The molecule has 226 valence electrons. The van der Waals surface area contributed by atoms with E-state index < -0.39 is 0 Å². The molecule has 12 heteroatoms. The van der Waals surface area contributed by atoms with E-state index in [1.807, 2.05) is 36.4 Å². The molecule has 44 heavy (non-hydrogen) atoms. The minimum atomic E-state index is -0.0337. The fourth-order valence-corrected chi connectivity index (χ4v) is 5.33. The van der Waals surface area contributed by atoms with Gasteiger partial charge in [0.25, 0.3) is 0 Å². The molecule has 6 rings (SSSR count). The molecule has 0 aliphatic carbocycles. The molecule has 1 aliphatic heterocycles. The van der Waals surface area contributed by atoms with Crippen molar-refractivity contribution in [2.24, 2.45) is 5.11 Å². The van der Waals surface area contributed by atoms with Gasteiger partial charge in [-0.3, -0.25) is 4.79 Å². The van der Waals surface area contributed by atoms with Crippen molar-refractivity contribution in [1.82, 2.24) is 30.2 Å². The van der Waals surface area contributed by atoms with Crippen molar-refractivity contribution in [2.45, 2.75) is 19.3 Å². The fraction of sp³-hybridized carbons (Fsp3) is 0.344. The van der Waals surface area contributed by atoms with Gasteiger partial charge in [-0.1, -0.05) is 5.11 Å². The van der Waals surface area contributed by atoms with Crippen LogP contribution in [0.15, 0.2) is 65.8 Å². The summed E-state index contributed by atoms with van der Waals surface area (Å²) >= 11 is 0. The summed E-state index contributed by atoms with van der Waals surface area (Å²) in [4.78, 5) is 36.0. The number of anilines is 1. The van der Waals surface area contributed by atoms with Crippen molar-refractivity contribution in [3.63, 3.8) is 0 Å². The van der Waals surface area contributed by atoms with Crippen LogP contribution in [-0.4, -0.2) is 83.7 Å². The number of ether oxygens (including phenoxy) is 1. The summed E-state index contributed by atoms with van der Waals surface area (Å²) in [5, 5.41) is 6.26. The van der Waals surface area contributed by atoms with Gasteiger partial charge in [0.05, 0.1) is 28.7 Å². The van der Waals surface area contributed by atoms with E-state index in [4.69, 9.17) is 20.2 Å². The van der Waals surface area contributed by atoms with Gasteiger partial charge in [-0.15, -0.1) is 0 Å². The number of H-pyrrole nitrogens is 2. The van der Waals surface area contributed by atoms with Crippen LogP contribution in [-0.2, 0) is 4.79 Å². The Labute approximate surface area is 255 Å². The second-order valence-corrected chi connectivity index (χ2v) is 11.0. The summed E-state index contributed by atoms with van der Waals surface area (Å²) < 4.78 is 5.82. The number of nitrogens with zero attached hydrogens (tertiary/aromatic N) is 7. The second-order valence-electron chi connectivity index (χ2n) is 11.0. The average molecular weight is 593 g/mol. The quantitative estimate of drug-likeness (QED) is 0.0753. The van der Waals surface area contributed by atoms with Crippen LogP contribution >= 0.6 is 0 Å². The zero-order valence-corrected chi connectivity index (χ0v) is 24.8. The topological polar surface area (TPSA) is 151 Å². The molecule has 1 aliphatic rings. The van der Waals surface area contributed by atoms with E-state index in [0.717, 1.165) is 76.8 Å². The third kappa shape index (κ3) is 6.94. The maximum atomic E-state index is 11.9. The number of amides is 1. The fourth-order valence-electron chi connectivity index (χ4n) is 5.33. The Balaban J connectivity index is 1.05. The highest BCUT2D eigenvalue weighted by atomic mass is 16.5. The molecular formula is C32H36N10O2. The zero-order valence-electron chi connectivity index (χ0n) is 24.8. The van der Waals surface area contributed by atoms with Gasteiger partial charge in [0.2, 0.25) is 5.91 Å². The van der Waals surface area contributed by atoms with E-state index in [9.17, 15) is 4.79 Å². The molecule has 2 aromatic heterocycles. The predicted molar refractivity (Wildman–Crippen MR) is 173 cm³/mol. The first-order chi connectivity index (χ1) is 21.6. The van der Waals surface area contributed by atoms with Crippen LogP contribution in [0.3, 0.4) is 0 Å². The molecule has 3 aromatic carbocycles. The average Bonchev–Trinajstić information content (AvgIpc) is 3.67. The normalized spacial score (nSPS) is 13.7. The maximum absolute atomic E-state index is 11.9. The van der Waals surface area contributed by atoms with Crippen LogP contribution in [0.1, 0.15) is 19.3 Å². The molecular weight excluding hydrogens is 556 g/mol. The van der Waals surface area contributed by atoms with E-state index in [-0.39, 0.29) is 5.91 Å². The third-order valence-electron chi connectivity index (χ3n) is 7.85. The van der Waals surface area contributed by atoms with Crippen LogP contribution in [0.5, 0.6) is 5.75 Å². The number of benzene rings is 3. The Hall–Kier alpha value is -5.06. The number of carbonyl (C=O) groups excluding carboxylic acids is 1. The first-order valence-electron chi connectivity index (χ1n) is 15.0. The molecule has 0 saturated carbocycles. The monoisotopic (exact) mass is 592 g/mol. The van der Waals surface area contributed by atoms with Gasteiger partial charge in [-0.25, -0.2) is 9.97 Å². The van der Waals surface area contributed by atoms with E-state index in [2.05, 4.69) is 66.4 Å². The van der Waals surface area contributed by atoms with Gasteiger partial charge >= 0.3 is 0 Å². The summed E-state index contributed by atoms with van der Waals surface area (Å²) in [5.41, 5.74) is 15.2. The number of carbonyl (C=O) groups is 1. The first kappa shape index (κ1) is 29.0. The largest absolute Gasteiger partial charge is 0.494 e. The Morgan fingerprint density at radius 2 is 1.61 bits per heavy atom. The lowest BCUT2D eigenvalue weighted by molar-refractivity contribution is -0.121.